The molecule has 5 heteroatoms. The zero-order valence-electron chi connectivity index (χ0n) is 10.8. The predicted octanol–water partition coefficient (Wildman–Crippen LogP) is 0.742. The molecule has 1 aromatic heterocycles. The van der Waals surface area contributed by atoms with Crippen molar-refractivity contribution in [1.82, 2.24) is 10.3 Å². The molecule has 0 bridgehead atoms. The van der Waals surface area contributed by atoms with E-state index < -0.39 is 5.91 Å². The molecule has 1 aromatic carbocycles. The molecule has 1 aliphatic rings. The Labute approximate surface area is 111 Å². The minimum atomic E-state index is -0.438. The highest BCUT2D eigenvalue weighted by atomic mass is 16.1. The lowest BCUT2D eigenvalue weighted by atomic mass is 10.0. The Kier molecular flexibility index (Phi) is 2.83. The summed E-state index contributed by atoms with van der Waals surface area (Å²) in [4.78, 5) is 18.1. The number of nitrogens with two attached hydrogens (primary N) is 1. The topological polar surface area (TPSA) is 71.2 Å². The van der Waals surface area contributed by atoms with Gasteiger partial charge in [0.15, 0.2) is 0 Å². The SMILES string of the molecule is CN(c1c(C(N)=O)cnc2ccccc12)C1CNC1. The van der Waals surface area contributed by atoms with Crippen LogP contribution in [0.2, 0.25) is 0 Å². The van der Waals surface area contributed by atoms with Gasteiger partial charge in [0.05, 0.1) is 22.8 Å². The number of hydrogen-bond donors (Lipinski definition) is 2. The van der Waals surface area contributed by atoms with Gasteiger partial charge in [-0.3, -0.25) is 9.78 Å². The summed E-state index contributed by atoms with van der Waals surface area (Å²) in [5.41, 5.74) is 7.72. The second kappa shape index (κ2) is 4.51. The maximum Gasteiger partial charge on any atom is 0.252 e. The zero-order valence-corrected chi connectivity index (χ0v) is 10.8. The molecule has 0 atom stereocenters. The lowest BCUT2D eigenvalue weighted by Gasteiger charge is -2.38. The van der Waals surface area contributed by atoms with Crippen LogP contribution in [-0.2, 0) is 0 Å². The van der Waals surface area contributed by atoms with E-state index in [2.05, 4.69) is 15.2 Å². The number of nitrogens with zero attached hydrogens (tertiary/aromatic N) is 2. The highest BCUT2D eigenvalue weighted by molar-refractivity contribution is 6.06. The van der Waals surface area contributed by atoms with Gasteiger partial charge in [0.25, 0.3) is 5.91 Å². The third-order valence-corrected chi connectivity index (χ3v) is 3.67. The van der Waals surface area contributed by atoms with E-state index in [9.17, 15) is 4.79 Å². The lowest BCUT2D eigenvalue weighted by molar-refractivity contribution is 0.100. The fourth-order valence-corrected chi connectivity index (χ4v) is 2.42. The first-order valence-electron chi connectivity index (χ1n) is 6.29. The van der Waals surface area contributed by atoms with E-state index in [1.807, 2.05) is 31.3 Å². The van der Waals surface area contributed by atoms with Crippen LogP contribution in [0.3, 0.4) is 0 Å². The summed E-state index contributed by atoms with van der Waals surface area (Å²) in [5.74, 6) is -0.438. The Hall–Kier alpha value is -2.14. The molecule has 1 fully saturated rings. The van der Waals surface area contributed by atoms with Crippen LogP contribution in [0, 0.1) is 0 Å². The number of pyridine rings is 1. The van der Waals surface area contributed by atoms with Gasteiger partial charge in [0.2, 0.25) is 0 Å². The molecule has 0 aliphatic carbocycles. The fraction of sp³-hybridized carbons (Fsp3) is 0.286. The molecular weight excluding hydrogens is 240 g/mol. The summed E-state index contributed by atoms with van der Waals surface area (Å²) < 4.78 is 0. The summed E-state index contributed by atoms with van der Waals surface area (Å²) in [7, 11) is 2.00. The average Bonchev–Trinajstić information content (AvgIpc) is 2.35. The van der Waals surface area contributed by atoms with Crippen LogP contribution in [0.25, 0.3) is 10.9 Å². The number of likely N-dealkylation sites (N-methyl/N-ethyl adjacent to an activating group) is 1. The molecule has 0 saturated carbocycles. The highest BCUT2D eigenvalue weighted by Crippen LogP contribution is 2.30. The number of anilines is 1. The molecule has 1 amide bonds. The standard InChI is InChI=1S/C14H16N4O/c1-18(9-6-16-7-9)13-10-4-2-3-5-12(10)17-8-11(13)14(15)19/h2-5,8-9,16H,6-7H2,1H3,(H2,15,19). The van der Waals surface area contributed by atoms with Gasteiger partial charge in [-0.1, -0.05) is 18.2 Å². The van der Waals surface area contributed by atoms with Gasteiger partial charge in [-0.05, 0) is 6.07 Å². The van der Waals surface area contributed by atoms with Crippen LogP contribution in [0.15, 0.2) is 30.5 Å². The van der Waals surface area contributed by atoms with Crippen molar-refractivity contribution in [2.45, 2.75) is 6.04 Å². The van der Waals surface area contributed by atoms with Crippen molar-refractivity contribution in [3.8, 4) is 0 Å². The molecule has 0 radical (unpaired) electrons. The first-order valence-corrected chi connectivity index (χ1v) is 6.29. The van der Waals surface area contributed by atoms with Crippen molar-refractivity contribution < 1.29 is 4.79 Å². The summed E-state index contributed by atoms with van der Waals surface area (Å²) in [6.07, 6.45) is 1.57. The highest BCUT2D eigenvalue weighted by Gasteiger charge is 2.26. The van der Waals surface area contributed by atoms with E-state index >= 15 is 0 Å². The van der Waals surface area contributed by atoms with Crippen LogP contribution in [0.5, 0.6) is 0 Å². The third kappa shape index (κ3) is 1.92. The third-order valence-electron chi connectivity index (χ3n) is 3.67. The van der Waals surface area contributed by atoms with Crippen molar-refractivity contribution in [2.24, 2.45) is 5.73 Å². The minimum Gasteiger partial charge on any atom is -0.368 e. The average molecular weight is 256 g/mol. The van der Waals surface area contributed by atoms with Crippen molar-refractivity contribution in [3.05, 3.63) is 36.0 Å². The molecule has 0 unspecified atom stereocenters. The van der Waals surface area contributed by atoms with Gasteiger partial charge in [0, 0.05) is 31.7 Å². The van der Waals surface area contributed by atoms with Crippen molar-refractivity contribution >= 4 is 22.5 Å². The number of para-hydroxylation sites is 1. The van der Waals surface area contributed by atoms with Crippen molar-refractivity contribution in [2.75, 3.05) is 25.0 Å². The number of benzene rings is 1. The molecule has 1 saturated heterocycles. The van der Waals surface area contributed by atoms with Crippen molar-refractivity contribution in [3.63, 3.8) is 0 Å². The summed E-state index contributed by atoms with van der Waals surface area (Å²) in [6.45, 7) is 1.84. The van der Waals surface area contributed by atoms with Gasteiger partial charge in [-0.15, -0.1) is 0 Å². The normalized spacial score (nSPS) is 15.2. The number of hydrogen-bond acceptors (Lipinski definition) is 4. The monoisotopic (exact) mass is 256 g/mol. The molecule has 98 valence electrons. The Bertz CT molecular complexity index is 636. The summed E-state index contributed by atoms with van der Waals surface area (Å²) >= 11 is 0. The number of rotatable bonds is 3. The Balaban J connectivity index is 2.21. The van der Waals surface area contributed by atoms with E-state index in [4.69, 9.17) is 5.73 Å². The molecule has 2 heterocycles. The molecule has 2 aromatic rings. The summed E-state index contributed by atoms with van der Waals surface area (Å²) in [6, 6.07) is 8.20. The van der Waals surface area contributed by atoms with Crippen LogP contribution in [0.4, 0.5) is 5.69 Å². The number of carbonyl (C=O) groups excluding carboxylic acids is 1. The van der Waals surface area contributed by atoms with E-state index in [0.717, 1.165) is 29.7 Å². The van der Waals surface area contributed by atoms with E-state index in [-0.39, 0.29) is 0 Å². The number of carbonyl (C=O) groups is 1. The molecular formula is C14H16N4O. The first-order chi connectivity index (χ1) is 9.18. The van der Waals surface area contributed by atoms with Gasteiger partial charge in [-0.2, -0.15) is 0 Å². The molecule has 3 rings (SSSR count). The maximum atomic E-state index is 11.6. The van der Waals surface area contributed by atoms with Crippen LogP contribution in [0.1, 0.15) is 10.4 Å². The van der Waals surface area contributed by atoms with Crippen molar-refractivity contribution in [1.29, 1.82) is 0 Å². The zero-order chi connectivity index (χ0) is 13.4. The molecule has 3 N–H and O–H groups in total. The second-order valence-electron chi connectivity index (χ2n) is 4.82. The number of fused-ring (bicyclic) bond motifs is 1. The van der Waals surface area contributed by atoms with Gasteiger partial charge >= 0.3 is 0 Å². The van der Waals surface area contributed by atoms with Gasteiger partial charge in [0.1, 0.15) is 0 Å². The van der Waals surface area contributed by atoms with Gasteiger partial charge in [-0.25, -0.2) is 0 Å². The van der Waals surface area contributed by atoms with E-state index in [1.54, 1.807) is 6.20 Å². The molecule has 0 spiro atoms. The number of nitrogens with one attached hydrogen (secondary N) is 1. The van der Waals surface area contributed by atoms with E-state index in [0.29, 0.717) is 11.6 Å². The quantitative estimate of drug-likeness (QED) is 0.849. The maximum absolute atomic E-state index is 11.6. The smallest absolute Gasteiger partial charge is 0.252 e. The van der Waals surface area contributed by atoms with Crippen LogP contribution < -0.4 is 16.0 Å². The summed E-state index contributed by atoms with van der Waals surface area (Å²) in [5, 5.41) is 4.20. The number of primary amides is 1. The Morgan fingerprint density at radius 3 is 2.79 bits per heavy atom. The Morgan fingerprint density at radius 1 is 1.42 bits per heavy atom. The van der Waals surface area contributed by atoms with E-state index in [1.165, 1.54) is 0 Å². The largest absolute Gasteiger partial charge is 0.368 e. The number of aromatic nitrogens is 1. The van der Waals surface area contributed by atoms with Crippen LogP contribution in [-0.4, -0.2) is 37.1 Å². The molecule has 19 heavy (non-hydrogen) atoms. The van der Waals surface area contributed by atoms with Gasteiger partial charge < -0.3 is 16.0 Å². The van der Waals surface area contributed by atoms with Crippen LogP contribution >= 0.6 is 0 Å². The minimum absolute atomic E-state index is 0.393. The second-order valence-corrected chi connectivity index (χ2v) is 4.82. The molecule has 1 aliphatic heterocycles. The first kappa shape index (κ1) is 11.9. The lowest BCUT2D eigenvalue weighted by Crippen LogP contribution is -2.56. The Morgan fingerprint density at radius 2 is 2.16 bits per heavy atom. The fourth-order valence-electron chi connectivity index (χ4n) is 2.42. The predicted molar refractivity (Wildman–Crippen MR) is 75.3 cm³/mol. The molecule has 5 nitrogen and oxygen atoms in total. The number of amides is 1.